The molecule has 0 saturated carbocycles. The minimum atomic E-state index is -4.28. The van der Waals surface area contributed by atoms with Crippen molar-refractivity contribution in [2.75, 3.05) is 0 Å². The van der Waals surface area contributed by atoms with Gasteiger partial charge in [0.1, 0.15) is 21.9 Å². The molecule has 0 atom stereocenters. The topological polar surface area (TPSA) is 116 Å². The van der Waals surface area contributed by atoms with Gasteiger partial charge in [0.2, 0.25) is 0 Å². The van der Waals surface area contributed by atoms with Gasteiger partial charge in [-0.2, -0.15) is 10.5 Å². The molecular weight excluding hydrogens is 323 g/mol. The fourth-order valence-corrected chi connectivity index (χ4v) is 3.21. The number of benzene rings is 1. The maximum absolute atomic E-state index is 11.2. The third-order valence-electron chi connectivity index (χ3n) is 1.88. The Morgan fingerprint density at radius 2 is 1.11 bits per heavy atom. The lowest BCUT2D eigenvalue weighted by molar-refractivity contribution is 0.605. The predicted octanol–water partition coefficient (Wildman–Crippen LogP) is 1.28. The predicted molar refractivity (Wildman–Crippen MR) is 61.9 cm³/mol. The molecule has 1 rings (SSSR count). The summed E-state index contributed by atoms with van der Waals surface area (Å²) in [5, 5.41) is 17.6. The summed E-state index contributed by atoms with van der Waals surface area (Å²) in [6.07, 6.45) is 0. The Morgan fingerprint density at radius 3 is 1.28 bits per heavy atom. The van der Waals surface area contributed by atoms with Crippen molar-refractivity contribution in [1.29, 1.82) is 10.5 Å². The number of hydrogen-bond donors (Lipinski definition) is 0. The number of hydrogen-bond acceptors (Lipinski definition) is 6. The molecule has 0 unspecified atom stereocenters. The first-order chi connectivity index (χ1) is 8.12. The van der Waals surface area contributed by atoms with Crippen LogP contribution in [-0.4, -0.2) is 16.8 Å². The van der Waals surface area contributed by atoms with Gasteiger partial charge < -0.3 is 0 Å². The van der Waals surface area contributed by atoms with Crippen LogP contribution in [-0.2, 0) is 18.1 Å². The molecule has 0 bridgehead atoms. The number of nitriles is 2. The maximum atomic E-state index is 11.2. The van der Waals surface area contributed by atoms with Gasteiger partial charge in [0.05, 0.1) is 11.1 Å². The van der Waals surface area contributed by atoms with E-state index in [-0.39, 0.29) is 0 Å². The fraction of sp³-hybridized carbons (Fsp3) is 0. The van der Waals surface area contributed by atoms with Gasteiger partial charge in [0, 0.05) is 21.4 Å². The zero-order chi connectivity index (χ0) is 14.1. The van der Waals surface area contributed by atoms with Crippen LogP contribution in [0.15, 0.2) is 21.9 Å². The molecule has 94 valence electrons. The van der Waals surface area contributed by atoms with Crippen LogP contribution in [0.2, 0.25) is 0 Å². The van der Waals surface area contributed by atoms with Gasteiger partial charge in [-0.25, -0.2) is 16.8 Å². The van der Waals surface area contributed by atoms with Crippen LogP contribution in [0.4, 0.5) is 0 Å². The van der Waals surface area contributed by atoms with Crippen molar-refractivity contribution in [3.63, 3.8) is 0 Å². The molecule has 0 aliphatic carbocycles. The lowest BCUT2D eigenvalue weighted by Gasteiger charge is -2.05. The minimum Gasteiger partial charge on any atom is -0.207 e. The molecular formula is C8H2Cl2N2O4S2. The normalized spacial score (nSPS) is 11.6. The molecule has 0 spiro atoms. The molecule has 0 aromatic heterocycles. The van der Waals surface area contributed by atoms with Crippen LogP contribution in [0.5, 0.6) is 0 Å². The molecule has 18 heavy (non-hydrogen) atoms. The van der Waals surface area contributed by atoms with Crippen molar-refractivity contribution in [2.24, 2.45) is 0 Å². The molecule has 0 saturated heterocycles. The molecule has 0 aliphatic heterocycles. The lowest BCUT2D eigenvalue weighted by Crippen LogP contribution is -2.03. The van der Waals surface area contributed by atoms with Crippen LogP contribution < -0.4 is 0 Å². The van der Waals surface area contributed by atoms with Crippen LogP contribution >= 0.6 is 21.4 Å². The quantitative estimate of drug-likeness (QED) is 0.756. The lowest BCUT2D eigenvalue weighted by atomic mass is 10.1. The molecule has 0 aliphatic rings. The third kappa shape index (κ3) is 2.74. The average Bonchev–Trinajstić information content (AvgIpc) is 2.24. The van der Waals surface area contributed by atoms with E-state index in [0.717, 1.165) is 12.1 Å². The second kappa shape index (κ2) is 4.75. The first-order valence-corrected chi connectivity index (χ1v) is 8.61. The smallest absolute Gasteiger partial charge is 0.207 e. The van der Waals surface area contributed by atoms with Gasteiger partial charge in [-0.05, 0) is 12.1 Å². The summed E-state index contributed by atoms with van der Waals surface area (Å²) in [5.41, 5.74) is -1.32. The monoisotopic (exact) mass is 324 g/mol. The highest BCUT2D eigenvalue weighted by Crippen LogP contribution is 2.29. The van der Waals surface area contributed by atoms with E-state index in [4.69, 9.17) is 31.9 Å². The minimum absolute atomic E-state index is 0.646. The van der Waals surface area contributed by atoms with E-state index >= 15 is 0 Å². The van der Waals surface area contributed by atoms with Gasteiger partial charge in [-0.1, -0.05) is 0 Å². The molecule has 0 amide bonds. The largest absolute Gasteiger partial charge is 0.262 e. The van der Waals surface area contributed by atoms with Gasteiger partial charge in [0.25, 0.3) is 18.1 Å². The van der Waals surface area contributed by atoms with Crippen molar-refractivity contribution >= 4 is 39.5 Å². The van der Waals surface area contributed by atoms with Gasteiger partial charge in [-0.3, -0.25) is 0 Å². The Morgan fingerprint density at radius 1 is 0.833 bits per heavy atom. The summed E-state index contributed by atoms with van der Waals surface area (Å²) >= 11 is 0. The van der Waals surface area contributed by atoms with E-state index in [9.17, 15) is 16.8 Å². The Hall–Kier alpha value is -1.32. The van der Waals surface area contributed by atoms with Gasteiger partial charge in [0.15, 0.2) is 0 Å². The zero-order valence-electron chi connectivity index (χ0n) is 8.25. The molecule has 0 radical (unpaired) electrons. The first kappa shape index (κ1) is 14.7. The summed E-state index contributed by atoms with van der Waals surface area (Å²) in [7, 11) is 1.58. The second-order valence-electron chi connectivity index (χ2n) is 2.91. The number of nitrogens with zero attached hydrogens (tertiary/aromatic N) is 2. The summed E-state index contributed by atoms with van der Waals surface area (Å²) in [5.74, 6) is 0. The summed E-state index contributed by atoms with van der Waals surface area (Å²) in [6.45, 7) is 0. The van der Waals surface area contributed by atoms with E-state index in [1.165, 1.54) is 12.1 Å². The molecule has 0 heterocycles. The fourth-order valence-electron chi connectivity index (χ4n) is 1.19. The molecule has 0 N–H and O–H groups in total. The Balaban J connectivity index is 3.95. The van der Waals surface area contributed by atoms with E-state index in [0.29, 0.717) is 0 Å². The standard InChI is InChI=1S/C8H2Cl2N2O4S2/c9-17(13,14)7-1-2-8(18(10,15)16)6(4-12)5(7)3-11/h1-2H. The van der Waals surface area contributed by atoms with E-state index in [1.54, 1.807) is 0 Å². The highest BCUT2D eigenvalue weighted by Gasteiger charge is 2.25. The molecule has 1 aromatic carbocycles. The van der Waals surface area contributed by atoms with E-state index in [2.05, 4.69) is 0 Å². The summed E-state index contributed by atoms with van der Waals surface area (Å²) in [4.78, 5) is -1.29. The molecule has 1 aromatic rings. The summed E-state index contributed by atoms with van der Waals surface area (Å²) in [6, 6.07) is 4.46. The van der Waals surface area contributed by atoms with Crippen LogP contribution in [0.1, 0.15) is 11.1 Å². The zero-order valence-corrected chi connectivity index (χ0v) is 11.4. The summed E-state index contributed by atoms with van der Waals surface area (Å²) < 4.78 is 44.7. The van der Waals surface area contributed by atoms with Crippen LogP contribution in [0.25, 0.3) is 0 Å². The first-order valence-electron chi connectivity index (χ1n) is 3.99. The van der Waals surface area contributed by atoms with Crippen molar-refractivity contribution in [3.8, 4) is 12.1 Å². The Bertz CT molecular complexity index is 732. The third-order valence-corrected chi connectivity index (χ3v) is 4.61. The van der Waals surface area contributed by atoms with E-state index < -0.39 is 39.0 Å². The van der Waals surface area contributed by atoms with Crippen LogP contribution in [0.3, 0.4) is 0 Å². The van der Waals surface area contributed by atoms with E-state index in [1.807, 2.05) is 0 Å². The molecule has 0 fully saturated rings. The Labute approximate surface area is 112 Å². The maximum Gasteiger partial charge on any atom is 0.262 e. The van der Waals surface area contributed by atoms with Crippen molar-refractivity contribution in [3.05, 3.63) is 23.3 Å². The van der Waals surface area contributed by atoms with Crippen molar-refractivity contribution in [1.82, 2.24) is 0 Å². The van der Waals surface area contributed by atoms with Crippen LogP contribution in [0, 0.1) is 22.7 Å². The highest BCUT2D eigenvalue weighted by molar-refractivity contribution is 8.14. The molecule has 10 heteroatoms. The van der Waals surface area contributed by atoms with Crippen molar-refractivity contribution < 1.29 is 16.8 Å². The second-order valence-corrected chi connectivity index (χ2v) is 7.98. The average molecular weight is 325 g/mol. The SMILES string of the molecule is N#Cc1c(S(=O)(=O)Cl)ccc(S(=O)(=O)Cl)c1C#N. The number of halogens is 2. The van der Waals surface area contributed by atoms with Crippen molar-refractivity contribution in [2.45, 2.75) is 9.79 Å². The molecule has 6 nitrogen and oxygen atoms in total. The van der Waals surface area contributed by atoms with Gasteiger partial charge in [-0.15, -0.1) is 0 Å². The Kier molecular flexibility index (Phi) is 3.89. The van der Waals surface area contributed by atoms with Gasteiger partial charge >= 0.3 is 0 Å². The number of rotatable bonds is 2. The highest BCUT2D eigenvalue weighted by atomic mass is 35.7.